The summed E-state index contributed by atoms with van der Waals surface area (Å²) < 4.78 is 15.7. The van der Waals surface area contributed by atoms with Crippen LogP contribution in [-0.2, 0) is 19.0 Å². The minimum absolute atomic E-state index is 0.223. The second-order valence-electron chi connectivity index (χ2n) is 4.46. The van der Waals surface area contributed by atoms with Gasteiger partial charge in [0.2, 0.25) is 0 Å². The molecule has 0 saturated carbocycles. The number of carbonyl (C=O) groups excluding carboxylic acids is 1. The Balaban J connectivity index is 3.48. The number of rotatable bonds is 11. The second kappa shape index (κ2) is 11.4. The van der Waals surface area contributed by atoms with Crippen LogP contribution in [0.5, 0.6) is 0 Å². The molecule has 108 valence electrons. The Kier molecular flexibility index (Phi) is 11.0. The molecule has 1 atom stereocenters. The van der Waals surface area contributed by atoms with Crippen LogP contribution in [-0.4, -0.2) is 52.1 Å². The van der Waals surface area contributed by atoms with Gasteiger partial charge in [-0.1, -0.05) is 13.8 Å². The van der Waals surface area contributed by atoms with Gasteiger partial charge in [-0.15, -0.1) is 0 Å². The molecule has 5 heteroatoms. The zero-order valence-electron chi connectivity index (χ0n) is 12.0. The lowest BCUT2D eigenvalue weighted by atomic mass is 10.2. The SMILES string of the molecule is CCOC(=O)C(CCOCCOCC(C)C)NC. The molecule has 0 heterocycles. The van der Waals surface area contributed by atoms with Crippen LogP contribution in [0.25, 0.3) is 0 Å². The van der Waals surface area contributed by atoms with Crippen molar-refractivity contribution in [3.05, 3.63) is 0 Å². The highest BCUT2D eigenvalue weighted by atomic mass is 16.5. The number of nitrogens with one attached hydrogen (secondary N) is 1. The van der Waals surface area contributed by atoms with Gasteiger partial charge in [0.1, 0.15) is 6.04 Å². The lowest BCUT2D eigenvalue weighted by Gasteiger charge is -2.14. The summed E-state index contributed by atoms with van der Waals surface area (Å²) in [7, 11) is 1.74. The Labute approximate surface area is 110 Å². The van der Waals surface area contributed by atoms with E-state index in [0.717, 1.165) is 6.61 Å². The fraction of sp³-hybridized carbons (Fsp3) is 0.923. The van der Waals surface area contributed by atoms with E-state index in [-0.39, 0.29) is 12.0 Å². The highest BCUT2D eigenvalue weighted by Crippen LogP contribution is 1.97. The molecule has 1 N–H and O–H groups in total. The molecule has 0 aromatic carbocycles. The zero-order chi connectivity index (χ0) is 13.8. The average molecular weight is 261 g/mol. The number of hydrogen-bond acceptors (Lipinski definition) is 5. The quantitative estimate of drug-likeness (QED) is 0.447. The van der Waals surface area contributed by atoms with Crippen molar-refractivity contribution in [1.82, 2.24) is 5.32 Å². The lowest BCUT2D eigenvalue weighted by molar-refractivity contribution is -0.146. The van der Waals surface area contributed by atoms with Crippen LogP contribution >= 0.6 is 0 Å². The highest BCUT2D eigenvalue weighted by Gasteiger charge is 2.16. The van der Waals surface area contributed by atoms with Crippen molar-refractivity contribution >= 4 is 5.97 Å². The van der Waals surface area contributed by atoms with Gasteiger partial charge < -0.3 is 19.5 Å². The second-order valence-corrected chi connectivity index (χ2v) is 4.46. The van der Waals surface area contributed by atoms with E-state index >= 15 is 0 Å². The predicted molar refractivity (Wildman–Crippen MR) is 70.6 cm³/mol. The van der Waals surface area contributed by atoms with E-state index in [4.69, 9.17) is 14.2 Å². The maximum absolute atomic E-state index is 11.5. The van der Waals surface area contributed by atoms with Gasteiger partial charge in [-0.25, -0.2) is 0 Å². The molecule has 0 saturated heterocycles. The Bertz CT molecular complexity index is 209. The molecule has 5 nitrogen and oxygen atoms in total. The van der Waals surface area contributed by atoms with Crippen molar-refractivity contribution < 1.29 is 19.0 Å². The maximum atomic E-state index is 11.5. The third-order valence-corrected chi connectivity index (χ3v) is 2.29. The van der Waals surface area contributed by atoms with Crippen LogP contribution in [0, 0.1) is 5.92 Å². The smallest absolute Gasteiger partial charge is 0.323 e. The molecule has 1 unspecified atom stereocenters. The number of hydrogen-bond donors (Lipinski definition) is 1. The molecule has 0 rings (SSSR count). The minimum Gasteiger partial charge on any atom is -0.465 e. The van der Waals surface area contributed by atoms with E-state index in [1.807, 2.05) is 0 Å². The van der Waals surface area contributed by atoms with Crippen LogP contribution < -0.4 is 5.32 Å². The molecule has 18 heavy (non-hydrogen) atoms. The molecular weight excluding hydrogens is 234 g/mol. The summed E-state index contributed by atoms with van der Waals surface area (Å²) in [5, 5.41) is 2.92. The third kappa shape index (κ3) is 9.39. The van der Waals surface area contributed by atoms with Crippen LogP contribution in [0.4, 0.5) is 0 Å². The standard InChI is InChI=1S/C13H27NO4/c1-5-18-13(15)12(14-4)6-7-16-8-9-17-10-11(2)3/h11-12,14H,5-10H2,1-4H3. The van der Waals surface area contributed by atoms with Crippen molar-refractivity contribution in [2.24, 2.45) is 5.92 Å². The topological polar surface area (TPSA) is 56.8 Å². The molecule has 0 aliphatic carbocycles. The van der Waals surface area contributed by atoms with Crippen molar-refractivity contribution in [2.75, 3.05) is 40.1 Å². The number of esters is 1. The molecule has 0 amide bonds. The molecular formula is C13H27NO4. The van der Waals surface area contributed by atoms with Crippen molar-refractivity contribution in [2.45, 2.75) is 33.2 Å². The molecule has 0 spiro atoms. The molecule has 0 bridgehead atoms. The zero-order valence-corrected chi connectivity index (χ0v) is 12.0. The number of ether oxygens (including phenoxy) is 3. The maximum Gasteiger partial charge on any atom is 0.323 e. The first-order valence-corrected chi connectivity index (χ1v) is 6.61. The van der Waals surface area contributed by atoms with E-state index in [1.54, 1.807) is 14.0 Å². The van der Waals surface area contributed by atoms with Gasteiger partial charge in [0.25, 0.3) is 0 Å². The summed E-state index contributed by atoms with van der Waals surface area (Å²) in [6.07, 6.45) is 0.611. The van der Waals surface area contributed by atoms with Crippen LogP contribution in [0.3, 0.4) is 0 Å². The summed E-state index contributed by atoms with van der Waals surface area (Å²) in [4.78, 5) is 11.5. The van der Waals surface area contributed by atoms with E-state index in [0.29, 0.717) is 38.8 Å². The summed E-state index contributed by atoms with van der Waals surface area (Å²) >= 11 is 0. The molecule has 0 fully saturated rings. The highest BCUT2D eigenvalue weighted by molar-refractivity contribution is 5.75. The van der Waals surface area contributed by atoms with E-state index < -0.39 is 0 Å². The summed E-state index contributed by atoms with van der Waals surface area (Å²) in [6, 6.07) is -0.290. The molecule has 0 aliphatic rings. The summed E-state index contributed by atoms with van der Waals surface area (Å²) in [6.45, 7) is 8.86. The molecule has 0 aromatic rings. The van der Waals surface area contributed by atoms with Crippen molar-refractivity contribution in [1.29, 1.82) is 0 Å². The van der Waals surface area contributed by atoms with Crippen LogP contribution in [0.15, 0.2) is 0 Å². The Morgan fingerprint density at radius 2 is 1.83 bits per heavy atom. The number of likely N-dealkylation sites (N-methyl/N-ethyl adjacent to an activating group) is 1. The van der Waals surface area contributed by atoms with Crippen LogP contribution in [0.1, 0.15) is 27.2 Å². The summed E-state index contributed by atoms with van der Waals surface area (Å²) in [5.74, 6) is 0.321. The van der Waals surface area contributed by atoms with Gasteiger partial charge in [-0.05, 0) is 26.3 Å². The largest absolute Gasteiger partial charge is 0.465 e. The van der Waals surface area contributed by atoms with Gasteiger partial charge in [-0.2, -0.15) is 0 Å². The average Bonchev–Trinajstić information content (AvgIpc) is 2.32. The first-order chi connectivity index (χ1) is 8.61. The van der Waals surface area contributed by atoms with E-state index in [2.05, 4.69) is 19.2 Å². The Hall–Kier alpha value is -0.650. The van der Waals surface area contributed by atoms with E-state index in [9.17, 15) is 4.79 Å². The fourth-order valence-corrected chi connectivity index (χ4v) is 1.36. The van der Waals surface area contributed by atoms with Crippen molar-refractivity contribution in [3.63, 3.8) is 0 Å². The van der Waals surface area contributed by atoms with Gasteiger partial charge >= 0.3 is 5.97 Å². The fourth-order valence-electron chi connectivity index (χ4n) is 1.36. The summed E-state index contributed by atoms with van der Waals surface area (Å²) in [5.41, 5.74) is 0. The van der Waals surface area contributed by atoms with E-state index in [1.165, 1.54) is 0 Å². The Morgan fingerprint density at radius 3 is 2.39 bits per heavy atom. The molecule has 0 radical (unpaired) electrons. The van der Waals surface area contributed by atoms with Gasteiger partial charge in [0.15, 0.2) is 0 Å². The first kappa shape index (κ1) is 17.4. The number of carbonyl (C=O) groups is 1. The van der Waals surface area contributed by atoms with Crippen LogP contribution in [0.2, 0.25) is 0 Å². The molecule has 0 aromatic heterocycles. The normalized spacial score (nSPS) is 12.7. The van der Waals surface area contributed by atoms with Gasteiger partial charge in [-0.3, -0.25) is 4.79 Å². The van der Waals surface area contributed by atoms with Gasteiger partial charge in [0.05, 0.1) is 19.8 Å². The third-order valence-electron chi connectivity index (χ3n) is 2.29. The minimum atomic E-state index is -0.290. The van der Waals surface area contributed by atoms with Crippen molar-refractivity contribution in [3.8, 4) is 0 Å². The predicted octanol–water partition coefficient (Wildman–Crippen LogP) is 1.22. The lowest BCUT2D eigenvalue weighted by Crippen LogP contribution is -2.36. The Morgan fingerprint density at radius 1 is 1.17 bits per heavy atom. The van der Waals surface area contributed by atoms with Gasteiger partial charge in [0, 0.05) is 13.2 Å². The first-order valence-electron chi connectivity index (χ1n) is 6.61. The monoisotopic (exact) mass is 261 g/mol. The molecule has 0 aliphatic heterocycles.